The molecule has 1 aliphatic carbocycles. The number of nitriles is 1. The van der Waals surface area contributed by atoms with Crippen molar-refractivity contribution in [3.63, 3.8) is 0 Å². The van der Waals surface area contributed by atoms with Gasteiger partial charge in [0.25, 0.3) is 0 Å². The highest BCUT2D eigenvalue weighted by molar-refractivity contribution is 5.98. The number of hydrogen-bond acceptors (Lipinski definition) is 4. The summed E-state index contributed by atoms with van der Waals surface area (Å²) in [4.78, 5) is 14.7. The molecule has 240 valence electrons. The molecule has 0 unspecified atom stereocenters. The van der Waals surface area contributed by atoms with Gasteiger partial charge in [-0.25, -0.2) is 9.97 Å². The highest BCUT2D eigenvalue weighted by Gasteiger charge is 2.37. The maximum atomic E-state index is 9.71. The lowest BCUT2D eigenvalue weighted by atomic mass is 9.79. The van der Waals surface area contributed by atoms with Crippen molar-refractivity contribution in [3.05, 3.63) is 175 Å². The summed E-state index contributed by atoms with van der Waals surface area (Å²) in [5.74, 6) is 0.684. The van der Waals surface area contributed by atoms with Crippen molar-refractivity contribution in [1.82, 2.24) is 15.0 Å². The van der Waals surface area contributed by atoms with Crippen LogP contribution in [0.15, 0.2) is 158 Å². The van der Waals surface area contributed by atoms with Gasteiger partial charge in [0, 0.05) is 40.1 Å². The second-order valence-electron chi connectivity index (χ2n) is 13.7. The standard InChI is InChI=1S/C47H32N4/c1-47(2)42-26-34(18-19-39(42)40-20-17-31-16-15-30(28-48)22-41(31)45(40)47)36-23-37(35-14-9-21-49-29-35)25-38(24-36)44-27-43(32-10-5-3-6-11-32)50-46(51-44)33-12-7-4-8-13-33/h3-27,29H,1-2H3. The van der Waals surface area contributed by atoms with Crippen molar-refractivity contribution in [2.24, 2.45) is 0 Å². The molecule has 0 fully saturated rings. The van der Waals surface area contributed by atoms with E-state index in [9.17, 15) is 5.26 Å². The van der Waals surface area contributed by atoms with Crippen LogP contribution in [0.2, 0.25) is 0 Å². The Bertz CT molecular complexity index is 2600. The van der Waals surface area contributed by atoms with Gasteiger partial charge < -0.3 is 0 Å². The van der Waals surface area contributed by atoms with Crippen LogP contribution < -0.4 is 0 Å². The average Bonchev–Trinajstić information content (AvgIpc) is 3.44. The topological polar surface area (TPSA) is 62.5 Å². The Morgan fingerprint density at radius 1 is 0.529 bits per heavy atom. The minimum Gasteiger partial charge on any atom is -0.264 e. The lowest BCUT2D eigenvalue weighted by Crippen LogP contribution is -2.15. The molecule has 6 aromatic carbocycles. The maximum absolute atomic E-state index is 9.71. The Hall–Kier alpha value is -6.70. The molecule has 0 saturated carbocycles. The molecule has 2 heterocycles. The Kier molecular flexibility index (Phi) is 7.15. The number of pyridine rings is 1. The number of hydrogen-bond donors (Lipinski definition) is 0. The highest BCUT2D eigenvalue weighted by Crippen LogP contribution is 2.52. The van der Waals surface area contributed by atoms with Gasteiger partial charge in [0.15, 0.2) is 5.82 Å². The van der Waals surface area contributed by atoms with Crippen LogP contribution in [0.25, 0.3) is 78.1 Å². The molecule has 8 aromatic rings. The van der Waals surface area contributed by atoms with Gasteiger partial charge in [-0.2, -0.15) is 5.26 Å². The van der Waals surface area contributed by atoms with E-state index in [0.29, 0.717) is 11.4 Å². The minimum atomic E-state index is -0.264. The van der Waals surface area contributed by atoms with E-state index in [0.717, 1.165) is 61.1 Å². The molecule has 1 aliphatic rings. The van der Waals surface area contributed by atoms with Crippen LogP contribution >= 0.6 is 0 Å². The summed E-state index contributed by atoms with van der Waals surface area (Å²) >= 11 is 0. The first-order valence-corrected chi connectivity index (χ1v) is 17.1. The molecule has 51 heavy (non-hydrogen) atoms. The van der Waals surface area contributed by atoms with Crippen molar-refractivity contribution >= 4 is 10.8 Å². The van der Waals surface area contributed by atoms with E-state index in [1.165, 1.54) is 22.3 Å². The van der Waals surface area contributed by atoms with Gasteiger partial charge in [-0.3, -0.25) is 4.98 Å². The third-order valence-corrected chi connectivity index (χ3v) is 10.1. The second-order valence-corrected chi connectivity index (χ2v) is 13.7. The molecular formula is C47H32N4. The third kappa shape index (κ3) is 5.28. The molecule has 4 heteroatoms. The van der Waals surface area contributed by atoms with Crippen LogP contribution in [0.4, 0.5) is 0 Å². The fourth-order valence-corrected chi connectivity index (χ4v) is 7.61. The normalized spacial score (nSPS) is 12.6. The smallest absolute Gasteiger partial charge is 0.160 e. The molecular weight excluding hydrogens is 621 g/mol. The summed E-state index contributed by atoms with van der Waals surface area (Å²) in [7, 11) is 0. The second kappa shape index (κ2) is 12.0. The van der Waals surface area contributed by atoms with Crippen LogP contribution in [-0.4, -0.2) is 15.0 Å². The number of rotatable bonds is 5. The van der Waals surface area contributed by atoms with Crippen LogP contribution in [-0.2, 0) is 5.41 Å². The minimum absolute atomic E-state index is 0.264. The molecule has 0 bridgehead atoms. The zero-order valence-electron chi connectivity index (χ0n) is 28.3. The summed E-state index contributed by atoms with van der Waals surface area (Å²) in [6, 6.07) is 52.9. The molecule has 0 spiro atoms. The summed E-state index contributed by atoms with van der Waals surface area (Å²) < 4.78 is 0. The average molecular weight is 653 g/mol. The van der Waals surface area contributed by atoms with Gasteiger partial charge >= 0.3 is 0 Å². The summed E-state index contributed by atoms with van der Waals surface area (Å²) in [6.07, 6.45) is 3.72. The van der Waals surface area contributed by atoms with E-state index in [1.807, 2.05) is 60.8 Å². The lowest BCUT2D eigenvalue weighted by Gasteiger charge is -2.24. The number of nitrogens with zero attached hydrogens (tertiary/aromatic N) is 4. The molecule has 0 radical (unpaired) electrons. The van der Waals surface area contributed by atoms with Gasteiger partial charge in [-0.15, -0.1) is 0 Å². The van der Waals surface area contributed by atoms with Crippen LogP contribution in [0, 0.1) is 11.3 Å². The van der Waals surface area contributed by atoms with Crippen molar-refractivity contribution in [1.29, 1.82) is 5.26 Å². The number of benzene rings is 6. The molecule has 0 saturated heterocycles. The van der Waals surface area contributed by atoms with Gasteiger partial charge in [0.1, 0.15) is 0 Å². The highest BCUT2D eigenvalue weighted by atomic mass is 14.9. The fourth-order valence-electron chi connectivity index (χ4n) is 7.61. The van der Waals surface area contributed by atoms with Crippen molar-refractivity contribution in [2.45, 2.75) is 19.3 Å². The predicted octanol–water partition coefficient (Wildman–Crippen LogP) is 11.5. The van der Waals surface area contributed by atoms with Crippen LogP contribution in [0.3, 0.4) is 0 Å². The van der Waals surface area contributed by atoms with Crippen molar-refractivity contribution < 1.29 is 0 Å². The molecule has 0 aliphatic heterocycles. The zero-order valence-corrected chi connectivity index (χ0v) is 28.3. The first-order chi connectivity index (χ1) is 25.0. The van der Waals surface area contributed by atoms with E-state index in [2.05, 4.69) is 116 Å². The zero-order chi connectivity index (χ0) is 34.5. The molecule has 9 rings (SSSR count). The molecule has 0 atom stereocenters. The monoisotopic (exact) mass is 652 g/mol. The maximum Gasteiger partial charge on any atom is 0.160 e. The number of aromatic nitrogens is 3. The summed E-state index contributed by atoms with van der Waals surface area (Å²) in [6.45, 7) is 4.60. The lowest BCUT2D eigenvalue weighted by molar-refractivity contribution is 0.666. The van der Waals surface area contributed by atoms with Gasteiger partial charge in [-0.1, -0.05) is 111 Å². The largest absolute Gasteiger partial charge is 0.264 e. The molecule has 0 amide bonds. The Balaban J connectivity index is 1.23. The Morgan fingerprint density at radius 3 is 1.90 bits per heavy atom. The van der Waals surface area contributed by atoms with Crippen molar-refractivity contribution in [2.75, 3.05) is 0 Å². The van der Waals surface area contributed by atoms with E-state index >= 15 is 0 Å². The van der Waals surface area contributed by atoms with E-state index < -0.39 is 0 Å². The predicted molar refractivity (Wildman–Crippen MR) is 207 cm³/mol. The van der Waals surface area contributed by atoms with E-state index in [4.69, 9.17) is 9.97 Å². The first-order valence-electron chi connectivity index (χ1n) is 17.1. The summed E-state index contributed by atoms with van der Waals surface area (Å²) in [5, 5.41) is 12.0. The Labute approximate surface area is 297 Å². The fraction of sp³-hybridized carbons (Fsp3) is 0.0638. The SMILES string of the molecule is CC1(C)c2cc(-c3cc(-c4cccnc4)cc(-c4cc(-c5ccccc5)nc(-c5ccccc5)n4)c3)ccc2-c2ccc3ccc(C#N)cc3c21. The number of fused-ring (bicyclic) bond motifs is 5. The van der Waals surface area contributed by atoms with Gasteiger partial charge in [-0.05, 0) is 98.2 Å². The van der Waals surface area contributed by atoms with Crippen LogP contribution in [0.5, 0.6) is 0 Å². The van der Waals surface area contributed by atoms with E-state index in [1.54, 1.807) is 6.20 Å². The summed E-state index contributed by atoms with van der Waals surface area (Å²) in [5.41, 5.74) is 14.5. The third-order valence-electron chi connectivity index (χ3n) is 10.1. The first kappa shape index (κ1) is 30.4. The van der Waals surface area contributed by atoms with Crippen LogP contribution in [0.1, 0.15) is 30.5 Å². The molecule has 4 nitrogen and oxygen atoms in total. The van der Waals surface area contributed by atoms with Crippen molar-refractivity contribution in [3.8, 4) is 73.4 Å². The molecule has 2 aromatic heterocycles. The van der Waals surface area contributed by atoms with E-state index in [-0.39, 0.29) is 5.41 Å². The quantitative estimate of drug-likeness (QED) is 0.186. The molecule has 0 N–H and O–H groups in total. The Morgan fingerprint density at radius 2 is 1.18 bits per heavy atom. The van der Waals surface area contributed by atoms with Gasteiger partial charge in [0.2, 0.25) is 0 Å². The van der Waals surface area contributed by atoms with Gasteiger partial charge in [0.05, 0.1) is 23.0 Å².